The standard InChI is InChI=1S/C34H45ClN6O11S2/c1-22-37-18-27(41(47)48)39(22)19-24(17-35)52-28(43)13-9-7-5-3-4-6-8-10-14-50-30(44)29-23(20-51-33(36)46)21-54-32-34(49-2,31(45)40(29)32)38-26(42)16-25-12-11-15-53-25/h11-12,15,18,24,32H,3-10,13-14,16-17,19-21H2,1-2H3,(H2,36,46)(H,38,42)/t24?,32-,34+/m1/s1. The molecule has 0 spiro atoms. The van der Waals surface area contributed by atoms with Crippen LogP contribution in [0.2, 0.25) is 0 Å². The minimum Gasteiger partial charge on any atom is -0.461 e. The molecule has 0 aromatic carbocycles. The number of amides is 3. The van der Waals surface area contributed by atoms with Crippen molar-refractivity contribution in [2.75, 3.05) is 32.0 Å². The number of thiophene rings is 1. The number of methoxy groups -OCH3 is 1. The summed E-state index contributed by atoms with van der Waals surface area (Å²) in [7, 11) is 1.31. The molecule has 3 amide bonds. The molecule has 2 aromatic heterocycles. The summed E-state index contributed by atoms with van der Waals surface area (Å²) in [5.41, 5.74) is 3.78. The van der Waals surface area contributed by atoms with Crippen LogP contribution in [0, 0.1) is 17.0 Å². The minimum absolute atomic E-state index is 0.00491. The van der Waals surface area contributed by atoms with Crippen LogP contribution in [0.4, 0.5) is 10.6 Å². The van der Waals surface area contributed by atoms with Gasteiger partial charge in [-0.25, -0.2) is 19.1 Å². The van der Waals surface area contributed by atoms with Gasteiger partial charge in [-0.1, -0.05) is 44.6 Å². The molecule has 3 N–H and O–H groups in total. The molecule has 2 aromatic rings. The number of carbonyl (C=O) groups excluding carboxylic acids is 5. The third kappa shape index (κ3) is 10.9. The van der Waals surface area contributed by atoms with Crippen LogP contribution in [0.25, 0.3) is 0 Å². The number of β-lactam (4-membered cyclic amide) rings is 1. The van der Waals surface area contributed by atoms with Crippen molar-refractivity contribution in [3.05, 3.63) is 55.8 Å². The molecule has 2 aliphatic rings. The number of imidazole rings is 1. The predicted molar refractivity (Wildman–Crippen MR) is 198 cm³/mol. The number of hydrogen-bond donors (Lipinski definition) is 2. The number of ether oxygens (including phenoxy) is 4. The van der Waals surface area contributed by atoms with Gasteiger partial charge in [-0.05, 0) is 29.2 Å². The van der Waals surface area contributed by atoms with Gasteiger partial charge in [0.15, 0.2) is 11.9 Å². The normalized spacial score (nSPS) is 18.4. The van der Waals surface area contributed by atoms with Crippen LogP contribution in [-0.4, -0.2) is 98.4 Å². The number of primary amides is 1. The first kappa shape index (κ1) is 42.5. The highest BCUT2D eigenvalue weighted by Gasteiger charge is 2.66. The summed E-state index contributed by atoms with van der Waals surface area (Å²) in [5, 5.41) is 15.0. The lowest BCUT2D eigenvalue weighted by Crippen LogP contribution is -2.80. The SMILES string of the molecule is CO[C@@]1(NC(=O)Cc2cccs2)C(=O)N2C(C(=O)OCCCCCCCCCCC(=O)OC(CCl)Cn3c([N+](=O)[O-])cnc3C)=C(COC(N)=O)CS[C@@H]21. The number of fused-ring (bicyclic) bond motifs is 1. The number of rotatable bonds is 23. The summed E-state index contributed by atoms with van der Waals surface area (Å²) in [6.45, 7) is 1.48. The molecular weight excluding hydrogens is 768 g/mol. The molecular formula is C34H45ClN6O11S2. The fourth-order valence-corrected chi connectivity index (χ4v) is 8.37. The molecule has 2 aliphatic heterocycles. The fourth-order valence-electron chi connectivity index (χ4n) is 6.08. The van der Waals surface area contributed by atoms with E-state index in [2.05, 4.69) is 10.3 Å². The predicted octanol–water partition coefficient (Wildman–Crippen LogP) is 4.33. The zero-order chi connectivity index (χ0) is 39.3. The van der Waals surface area contributed by atoms with E-state index in [0.717, 1.165) is 49.6 Å². The Morgan fingerprint density at radius 1 is 1.15 bits per heavy atom. The maximum absolute atomic E-state index is 13.6. The van der Waals surface area contributed by atoms with E-state index in [1.54, 1.807) is 6.92 Å². The first-order valence-corrected chi connectivity index (χ1v) is 19.9. The summed E-state index contributed by atoms with van der Waals surface area (Å²) in [4.78, 5) is 80.1. The van der Waals surface area contributed by atoms with E-state index in [-0.39, 0.29) is 55.7 Å². The van der Waals surface area contributed by atoms with Gasteiger partial charge in [0.2, 0.25) is 5.91 Å². The van der Waals surface area contributed by atoms with Gasteiger partial charge in [-0.15, -0.1) is 34.7 Å². The third-order valence-electron chi connectivity index (χ3n) is 8.84. The zero-order valence-corrected chi connectivity index (χ0v) is 32.5. The number of halogens is 1. The molecule has 1 fully saturated rings. The lowest BCUT2D eigenvalue weighted by molar-refractivity contribution is -0.392. The Hall–Kier alpha value is -4.20. The number of carbonyl (C=O) groups is 5. The van der Waals surface area contributed by atoms with Gasteiger partial charge in [0, 0.05) is 36.7 Å². The monoisotopic (exact) mass is 812 g/mol. The van der Waals surface area contributed by atoms with Gasteiger partial charge in [0.05, 0.1) is 18.9 Å². The number of hydrogen-bond acceptors (Lipinski definition) is 14. The minimum atomic E-state index is -1.68. The van der Waals surface area contributed by atoms with Crippen molar-refractivity contribution in [1.82, 2.24) is 19.8 Å². The molecule has 0 radical (unpaired) electrons. The van der Waals surface area contributed by atoms with E-state index in [1.165, 1.54) is 39.7 Å². The van der Waals surface area contributed by atoms with Crippen LogP contribution < -0.4 is 11.1 Å². The Bertz CT molecular complexity index is 1690. The van der Waals surface area contributed by atoms with Gasteiger partial charge in [-0.2, -0.15) is 0 Å². The van der Waals surface area contributed by atoms with Crippen molar-refractivity contribution in [2.45, 2.75) is 94.9 Å². The Kier molecular flexibility index (Phi) is 16.1. The number of unbranched alkanes of at least 4 members (excludes halogenated alkanes) is 7. The third-order valence-corrected chi connectivity index (χ3v) is 11.4. The van der Waals surface area contributed by atoms with Crippen LogP contribution >= 0.6 is 34.7 Å². The van der Waals surface area contributed by atoms with E-state index in [0.29, 0.717) is 24.2 Å². The summed E-state index contributed by atoms with van der Waals surface area (Å²) in [6, 6.07) is 3.64. The summed E-state index contributed by atoms with van der Waals surface area (Å²) < 4.78 is 22.9. The van der Waals surface area contributed by atoms with Crippen LogP contribution in [0.1, 0.15) is 68.5 Å². The quantitative estimate of drug-likeness (QED) is 0.0233. The highest BCUT2D eigenvalue weighted by Crippen LogP contribution is 2.47. The number of esters is 2. The van der Waals surface area contributed by atoms with Crippen LogP contribution in [-0.2, 0) is 51.1 Å². The van der Waals surface area contributed by atoms with E-state index in [4.69, 9.17) is 36.3 Å². The van der Waals surface area contributed by atoms with Crippen LogP contribution in [0.3, 0.4) is 0 Å². The molecule has 0 aliphatic carbocycles. The number of aromatic nitrogens is 2. The summed E-state index contributed by atoms with van der Waals surface area (Å²) >= 11 is 8.63. The van der Waals surface area contributed by atoms with Gasteiger partial charge in [0.25, 0.3) is 11.6 Å². The van der Waals surface area contributed by atoms with Gasteiger partial charge >= 0.3 is 23.8 Å². The van der Waals surface area contributed by atoms with Crippen molar-refractivity contribution in [2.24, 2.45) is 5.73 Å². The summed E-state index contributed by atoms with van der Waals surface area (Å²) in [6.07, 6.45) is 6.30. The Balaban J connectivity index is 1.14. The maximum atomic E-state index is 13.6. The Labute approximate surface area is 325 Å². The zero-order valence-electron chi connectivity index (χ0n) is 30.1. The number of alkyl halides is 1. The highest BCUT2D eigenvalue weighted by molar-refractivity contribution is 8.00. The smallest absolute Gasteiger partial charge is 0.404 e. The molecule has 1 unspecified atom stereocenters. The van der Waals surface area contributed by atoms with E-state index >= 15 is 0 Å². The van der Waals surface area contributed by atoms with Gasteiger partial charge in [0.1, 0.15) is 30.4 Å². The molecule has 4 rings (SSSR count). The molecule has 0 bridgehead atoms. The molecule has 54 heavy (non-hydrogen) atoms. The molecule has 20 heteroatoms. The van der Waals surface area contributed by atoms with Crippen molar-refractivity contribution in [3.8, 4) is 0 Å². The first-order chi connectivity index (χ1) is 25.9. The molecule has 3 atom stereocenters. The van der Waals surface area contributed by atoms with Crippen molar-refractivity contribution >= 4 is 70.4 Å². The van der Waals surface area contributed by atoms with E-state index in [1.807, 2.05) is 17.5 Å². The van der Waals surface area contributed by atoms with Crippen LogP contribution in [0.15, 0.2) is 35.0 Å². The second kappa shape index (κ2) is 20.5. The molecule has 4 heterocycles. The van der Waals surface area contributed by atoms with Crippen LogP contribution in [0.5, 0.6) is 0 Å². The lowest BCUT2D eigenvalue weighted by Gasteiger charge is -2.55. The van der Waals surface area contributed by atoms with E-state index in [9.17, 15) is 34.1 Å². The highest BCUT2D eigenvalue weighted by atomic mass is 35.5. The fraction of sp³-hybridized carbons (Fsp3) is 0.588. The molecule has 1 saturated heterocycles. The number of aryl methyl sites for hydroxylation is 1. The first-order valence-electron chi connectivity index (χ1n) is 17.5. The number of thioether (sulfide) groups is 1. The summed E-state index contributed by atoms with van der Waals surface area (Å²) in [5.74, 6) is -1.77. The maximum Gasteiger partial charge on any atom is 0.404 e. The second-order valence-corrected chi connectivity index (χ2v) is 15.1. The topological polar surface area (TPSA) is 225 Å². The van der Waals surface area contributed by atoms with Crippen molar-refractivity contribution in [3.63, 3.8) is 0 Å². The number of nitro groups is 1. The molecule has 0 saturated carbocycles. The lowest BCUT2D eigenvalue weighted by atomic mass is 9.98. The second-order valence-electron chi connectivity index (χ2n) is 12.7. The average Bonchev–Trinajstić information content (AvgIpc) is 3.79. The number of nitrogens with one attached hydrogen (secondary N) is 1. The number of nitrogens with two attached hydrogens (primary N) is 1. The van der Waals surface area contributed by atoms with Gasteiger partial charge < -0.3 is 40.1 Å². The van der Waals surface area contributed by atoms with Crippen molar-refractivity contribution in [1.29, 1.82) is 0 Å². The average molecular weight is 813 g/mol. The van der Waals surface area contributed by atoms with Gasteiger partial charge in [-0.3, -0.25) is 19.3 Å². The molecule has 296 valence electrons. The van der Waals surface area contributed by atoms with Crippen molar-refractivity contribution < 1.29 is 47.8 Å². The van der Waals surface area contributed by atoms with E-state index < -0.39 is 52.0 Å². The Morgan fingerprint density at radius 3 is 2.48 bits per heavy atom. The number of nitrogens with zero attached hydrogens (tertiary/aromatic N) is 4. The largest absolute Gasteiger partial charge is 0.461 e. The Morgan fingerprint density at radius 2 is 1.85 bits per heavy atom. The molecule has 17 nitrogen and oxygen atoms in total.